The average molecular weight is 186 g/mol. The molecule has 0 bridgehead atoms. The van der Waals surface area contributed by atoms with Crippen LogP contribution in [0.4, 0.5) is 0 Å². The third-order valence-corrected chi connectivity index (χ3v) is 6.14. The van der Waals surface area contributed by atoms with E-state index in [1.165, 1.54) is 25.7 Å². The quantitative estimate of drug-likeness (QED) is 0.576. The lowest BCUT2D eigenvalue weighted by Crippen LogP contribution is -2.33. The smallest absolute Gasteiger partial charge is 0.123 e. The summed E-state index contributed by atoms with van der Waals surface area (Å²) in [5.74, 6) is 1.78. The Morgan fingerprint density at radius 3 is 2.92 bits per heavy atom. The first kappa shape index (κ1) is 8.89. The summed E-state index contributed by atoms with van der Waals surface area (Å²) in [7, 11) is 0. The first-order valence-corrected chi connectivity index (χ1v) is 6.43. The molecule has 4 unspecified atom stereocenters. The molecule has 1 saturated heterocycles. The summed E-state index contributed by atoms with van der Waals surface area (Å²) >= 11 is -0.498. The molecule has 12 heavy (non-hydrogen) atoms. The van der Waals surface area contributed by atoms with E-state index in [1.807, 2.05) is 0 Å². The van der Waals surface area contributed by atoms with E-state index in [1.54, 1.807) is 0 Å². The lowest BCUT2D eigenvalue weighted by molar-refractivity contribution is 0.315. The fourth-order valence-corrected chi connectivity index (χ4v) is 5.39. The van der Waals surface area contributed by atoms with Crippen LogP contribution in [0.15, 0.2) is 0 Å². The van der Waals surface area contributed by atoms with E-state index in [0.29, 0.717) is 10.7 Å². The van der Waals surface area contributed by atoms with Crippen molar-refractivity contribution in [2.45, 2.75) is 44.8 Å². The summed E-state index contributed by atoms with van der Waals surface area (Å²) in [4.78, 5) is 0. The zero-order chi connectivity index (χ0) is 8.77. The lowest BCUT2D eigenvalue weighted by Gasteiger charge is -2.29. The molecule has 0 aromatic carbocycles. The summed E-state index contributed by atoms with van der Waals surface area (Å²) in [6.45, 7) is 4.58. The Hall–Kier alpha value is 0.310. The van der Waals surface area contributed by atoms with Crippen LogP contribution >= 0.6 is 0 Å². The molecule has 2 aliphatic rings. The van der Waals surface area contributed by atoms with Gasteiger partial charge in [0, 0.05) is 11.3 Å². The number of fused-ring (bicyclic) bond motifs is 1. The van der Waals surface area contributed by atoms with Crippen molar-refractivity contribution in [1.29, 1.82) is 0 Å². The zero-order valence-electron chi connectivity index (χ0n) is 8.01. The van der Waals surface area contributed by atoms with Crippen molar-refractivity contribution in [1.82, 2.24) is 0 Å². The van der Waals surface area contributed by atoms with Crippen molar-refractivity contribution < 1.29 is 4.55 Å². The van der Waals surface area contributed by atoms with E-state index in [4.69, 9.17) is 0 Å². The van der Waals surface area contributed by atoms with Crippen molar-refractivity contribution in [2.75, 3.05) is 5.75 Å². The maximum atomic E-state index is 11.7. The number of hydrogen-bond donors (Lipinski definition) is 0. The van der Waals surface area contributed by atoms with E-state index < -0.39 is 11.2 Å². The van der Waals surface area contributed by atoms with E-state index in [-0.39, 0.29) is 0 Å². The van der Waals surface area contributed by atoms with Crippen molar-refractivity contribution in [3.63, 3.8) is 0 Å². The fourth-order valence-electron chi connectivity index (χ4n) is 2.98. The summed E-state index contributed by atoms with van der Waals surface area (Å²) in [6.07, 6.45) is 5.08. The lowest BCUT2D eigenvalue weighted by atomic mass is 9.84. The van der Waals surface area contributed by atoms with E-state index in [2.05, 4.69) is 13.8 Å². The molecule has 0 aromatic rings. The third kappa shape index (κ3) is 1.12. The SMILES string of the molecule is CCC1(C)CCC2CC[S+]([O-])C21. The van der Waals surface area contributed by atoms with E-state index in [0.717, 1.165) is 11.7 Å². The fraction of sp³-hybridized carbons (Fsp3) is 1.00. The number of hydrogen-bond acceptors (Lipinski definition) is 1. The van der Waals surface area contributed by atoms with Gasteiger partial charge in [-0.2, -0.15) is 0 Å². The summed E-state index contributed by atoms with van der Waals surface area (Å²) < 4.78 is 11.7. The van der Waals surface area contributed by atoms with Crippen molar-refractivity contribution in [3.8, 4) is 0 Å². The molecule has 1 nitrogen and oxygen atoms in total. The van der Waals surface area contributed by atoms with Gasteiger partial charge in [-0.05, 0) is 36.9 Å². The Balaban J connectivity index is 2.19. The van der Waals surface area contributed by atoms with Crippen LogP contribution in [0.5, 0.6) is 0 Å². The standard InChI is InChI=1S/C10H18OS/c1-3-10(2)6-4-8-5-7-12(11)9(8)10/h8-9H,3-7H2,1-2H3. The Morgan fingerprint density at radius 1 is 1.50 bits per heavy atom. The highest BCUT2D eigenvalue weighted by molar-refractivity contribution is 7.92. The molecule has 0 spiro atoms. The second kappa shape index (κ2) is 2.91. The van der Waals surface area contributed by atoms with Gasteiger partial charge in [-0.25, -0.2) is 0 Å². The third-order valence-electron chi connectivity index (χ3n) is 3.98. The molecule has 0 aromatic heterocycles. The minimum Gasteiger partial charge on any atom is -0.616 e. The summed E-state index contributed by atoms with van der Waals surface area (Å²) in [5.41, 5.74) is 0.409. The maximum absolute atomic E-state index is 11.7. The Morgan fingerprint density at radius 2 is 2.25 bits per heavy atom. The maximum Gasteiger partial charge on any atom is 0.123 e. The minimum atomic E-state index is -0.498. The van der Waals surface area contributed by atoms with Gasteiger partial charge in [0.1, 0.15) is 11.0 Å². The van der Waals surface area contributed by atoms with Crippen LogP contribution < -0.4 is 0 Å². The first-order valence-electron chi connectivity index (χ1n) is 5.04. The molecule has 2 heteroatoms. The second-order valence-corrected chi connectivity index (χ2v) is 6.28. The van der Waals surface area contributed by atoms with Crippen LogP contribution in [0, 0.1) is 11.3 Å². The van der Waals surface area contributed by atoms with Crippen LogP contribution in [0.25, 0.3) is 0 Å². The van der Waals surface area contributed by atoms with Gasteiger partial charge in [0.15, 0.2) is 0 Å². The second-order valence-electron chi connectivity index (χ2n) is 4.60. The molecule has 1 saturated carbocycles. The molecular weight excluding hydrogens is 168 g/mol. The van der Waals surface area contributed by atoms with Gasteiger partial charge in [0.2, 0.25) is 0 Å². The van der Waals surface area contributed by atoms with Gasteiger partial charge in [-0.15, -0.1) is 0 Å². The molecule has 2 fully saturated rings. The molecule has 1 heterocycles. The molecule has 0 radical (unpaired) electrons. The highest BCUT2D eigenvalue weighted by atomic mass is 32.2. The van der Waals surface area contributed by atoms with E-state index in [9.17, 15) is 4.55 Å². The van der Waals surface area contributed by atoms with Gasteiger partial charge in [-0.3, -0.25) is 0 Å². The Kier molecular flexibility index (Phi) is 2.16. The molecule has 1 aliphatic carbocycles. The largest absolute Gasteiger partial charge is 0.616 e. The topological polar surface area (TPSA) is 23.1 Å². The highest BCUT2D eigenvalue weighted by Gasteiger charge is 2.54. The Labute approximate surface area is 78.1 Å². The monoisotopic (exact) mass is 186 g/mol. The highest BCUT2D eigenvalue weighted by Crippen LogP contribution is 2.52. The van der Waals surface area contributed by atoms with Gasteiger partial charge >= 0.3 is 0 Å². The van der Waals surface area contributed by atoms with E-state index >= 15 is 0 Å². The van der Waals surface area contributed by atoms with Crippen molar-refractivity contribution >= 4 is 11.2 Å². The first-order chi connectivity index (χ1) is 5.67. The predicted molar refractivity (Wildman–Crippen MR) is 52.5 cm³/mol. The predicted octanol–water partition coefficient (Wildman–Crippen LogP) is 2.33. The van der Waals surface area contributed by atoms with Crippen LogP contribution in [-0.2, 0) is 11.2 Å². The molecule has 4 atom stereocenters. The normalized spacial score (nSPS) is 52.8. The molecule has 0 N–H and O–H groups in total. The van der Waals surface area contributed by atoms with Gasteiger partial charge < -0.3 is 4.55 Å². The van der Waals surface area contributed by atoms with Crippen LogP contribution in [0.3, 0.4) is 0 Å². The Bertz CT molecular complexity index is 183. The van der Waals surface area contributed by atoms with Crippen LogP contribution in [0.2, 0.25) is 0 Å². The van der Waals surface area contributed by atoms with Crippen molar-refractivity contribution in [3.05, 3.63) is 0 Å². The minimum absolute atomic E-state index is 0.409. The van der Waals surface area contributed by atoms with Gasteiger partial charge in [0.05, 0.1) is 0 Å². The molecule has 0 amide bonds. The summed E-state index contributed by atoms with van der Waals surface area (Å²) in [6, 6.07) is 0. The molecule has 2 rings (SSSR count). The average Bonchev–Trinajstić information content (AvgIpc) is 2.57. The van der Waals surface area contributed by atoms with Gasteiger partial charge in [-0.1, -0.05) is 13.8 Å². The van der Waals surface area contributed by atoms with Crippen LogP contribution in [-0.4, -0.2) is 15.6 Å². The number of rotatable bonds is 1. The van der Waals surface area contributed by atoms with Crippen LogP contribution in [0.1, 0.15) is 39.5 Å². The zero-order valence-corrected chi connectivity index (χ0v) is 8.82. The molecular formula is C10H18OS. The summed E-state index contributed by atoms with van der Waals surface area (Å²) in [5, 5.41) is 0.544. The molecule has 70 valence electrons. The molecule has 1 aliphatic heterocycles. The van der Waals surface area contributed by atoms with Gasteiger partial charge in [0.25, 0.3) is 0 Å². The van der Waals surface area contributed by atoms with Crippen molar-refractivity contribution in [2.24, 2.45) is 11.3 Å².